The molecule has 0 aliphatic carbocycles. The zero-order valence-corrected chi connectivity index (χ0v) is 6.64. The van der Waals surface area contributed by atoms with Crippen LogP contribution in [-0.2, 0) is 9.53 Å². The SMILES string of the molecule is NC(=O)COC(=O)c1cnccn1. The number of carbonyl (C=O) groups is 2. The summed E-state index contributed by atoms with van der Waals surface area (Å²) in [6.07, 6.45) is 4.01. The second-order valence-corrected chi connectivity index (χ2v) is 2.13. The van der Waals surface area contributed by atoms with Crippen molar-refractivity contribution < 1.29 is 14.3 Å². The maximum atomic E-state index is 11.0. The van der Waals surface area contributed by atoms with E-state index in [1.807, 2.05) is 0 Å². The Morgan fingerprint density at radius 1 is 1.46 bits per heavy atom. The fourth-order valence-corrected chi connectivity index (χ4v) is 0.615. The molecule has 0 aliphatic heterocycles. The summed E-state index contributed by atoms with van der Waals surface area (Å²) in [4.78, 5) is 28.6. The molecule has 2 N–H and O–H groups in total. The van der Waals surface area contributed by atoms with Crippen molar-refractivity contribution in [1.82, 2.24) is 9.97 Å². The van der Waals surface area contributed by atoms with Crippen molar-refractivity contribution in [2.45, 2.75) is 0 Å². The van der Waals surface area contributed by atoms with Crippen LogP contribution in [0.2, 0.25) is 0 Å². The number of rotatable bonds is 3. The number of ether oxygens (including phenoxy) is 1. The molecule has 0 saturated heterocycles. The summed E-state index contributed by atoms with van der Waals surface area (Å²) < 4.78 is 4.47. The van der Waals surface area contributed by atoms with Gasteiger partial charge in [0.05, 0.1) is 6.20 Å². The van der Waals surface area contributed by atoms with Gasteiger partial charge in [0.2, 0.25) is 0 Å². The number of nitrogens with two attached hydrogens (primary N) is 1. The van der Waals surface area contributed by atoms with Crippen molar-refractivity contribution in [1.29, 1.82) is 0 Å². The van der Waals surface area contributed by atoms with Gasteiger partial charge in [-0.05, 0) is 0 Å². The Labute approximate surface area is 73.7 Å². The average molecular weight is 181 g/mol. The third-order valence-electron chi connectivity index (χ3n) is 1.12. The molecule has 1 amide bonds. The van der Waals surface area contributed by atoms with Gasteiger partial charge < -0.3 is 10.5 Å². The van der Waals surface area contributed by atoms with E-state index in [4.69, 9.17) is 5.73 Å². The summed E-state index contributed by atoms with van der Waals surface area (Å²) in [5, 5.41) is 0. The average Bonchev–Trinajstić information content (AvgIpc) is 2.15. The standard InChI is InChI=1S/C7H7N3O3/c8-6(11)4-13-7(12)5-3-9-1-2-10-5/h1-3H,4H2,(H2,8,11). The topological polar surface area (TPSA) is 95.2 Å². The number of aromatic nitrogens is 2. The normalized spacial score (nSPS) is 9.23. The second kappa shape index (κ2) is 4.15. The Balaban J connectivity index is 2.54. The molecule has 0 atom stereocenters. The second-order valence-electron chi connectivity index (χ2n) is 2.13. The number of nitrogens with zero attached hydrogens (tertiary/aromatic N) is 2. The molecule has 13 heavy (non-hydrogen) atoms. The Bertz CT molecular complexity index is 312. The van der Waals surface area contributed by atoms with Gasteiger partial charge in [0.1, 0.15) is 0 Å². The lowest BCUT2D eigenvalue weighted by Gasteiger charge is -1.99. The summed E-state index contributed by atoms with van der Waals surface area (Å²) in [7, 11) is 0. The number of carbonyl (C=O) groups excluding carboxylic acids is 2. The quantitative estimate of drug-likeness (QED) is 0.611. The van der Waals surface area contributed by atoms with Gasteiger partial charge in [-0.15, -0.1) is 0 Å². The zero-order chi connectivity index (χ0) is 9.68. The molecule has 1 aromatic rings. The first-order valence-electron chi connectivity index (χ1n) is 3.41. The molecule has 1 rings (SSSR count). The van der Waals surface area contributed by atoms with Crippen LogP contribution in [0, 0.1) is 0 Å². The van der Waals surface area contributed by atoms with Crippen LogP contribution in [0.1, 0.15) is 10.5 Å². The zero-order valence-electron chi connectivity index (χ0n) is 6.64. The molecular formula is C7H7N3O3. The van der Waals surface area contributed by atoms with Crippen LogP contribution in [-0.4, -0.2) is 28.5 Å². The van der Waals surface area contributed by atoms with E-state index in [1.54, 1.807) is 0 Å². The Morgan fingerprint density at radius 2 is 2.23 bits per heavy atom. The number of hydrogen-bond acceptors (Lipinski definition) is 5. The van der Waals surface area contributed by atoms with Gasteiger partial charge in [0, 0.05) is 12.4 Å². The minimum absolute atomic E-state index is 0.0451. The fourth-order valence-electron chi connectivity index (χ4n) is 0.615. The number of primary amides is 1. The molecule has 1 aromatic heterocycles. The molecule has 0 bridgehead atoms. The highest BCUT2D eigenvalue weighted by Gasteiger charge is 2.08. The molecule has 0 aliphatic rings. The van der Waals surface area contributed by atoms with Gasteiger partial charge in [-0.25, -0.2) is 9.78 Å². The lowest BCUT2D eigenvalue weighted by molar-refractivity contribution is -0.121. The molecule has 1 heterocycles. The highest BCUT2D eigenvalue weighted by Crippen LogP contribution is 1.93. The van der Waals surface area contributed by atoms with Crippen molar-refractivity contribution in [2.75, 3.05) is 6.61 Å². The maximum absolute atomic E-state index is 11.0. The first-order chi connectivity index (χ1) is 6.20. The van der Waals surface area contributed by atoms with Gasteiger partial charge in [0.25, 0.3) is 5.91 Å². The van der Waals surface area contributed by atoms with Gasteiger partial charge in [-0.1, -0.05) is 0 Å². The van der Waals surface area contributed by atoms with Crippen LogP contribution < -0.4 is 5.73 Å². The number of amides is 1. The predicted molar refractivity (Wildman–Crippen MR) is 41.5 cm³/mol. The van der Waals surface area contributed by atoms with Gasteiger partial charge in [-0.3, -0.25) is 9.78 Å². The van der Waals surface area contributed by atoms with Crippen LogP contribution in [0.3, 0.4) is 0 Å². The molecule has 0 radical (unpaired) electrons. The van der Waals surface area contributed by atoms with Crippen LogP contribution >= 0.6 is 0 Å². The molecule has 0 spiro atoms. The maximum Gasteiger partial charge on any atom is 0.359 e. The molecule has 0 saturated carbocycles. The van der Waals surface area contributed by atoms with Crippen molar-refractivity contribution in [3.8, 4) is 0 Å². The van der Waals surface area contributed by atoms with Gasteiger partial charge >= 0.3 is 5.97 Å². The van der Waals surface area contributed by atoms with Crippen molar-refractivity contribution >= 4 is 11.9 Å². The third-order valence-corrected chi connectivity index (χ3v) is 1.12. The van der Waals surface area contributed by atoms with E-state index in [-0.39, 0.29) is 5.69 Å². The van der Waals surface area contributed by atoms with Gasteiger partial charge in [0.15, 0.2) is 12.3 Å². The molecule has 0 unspecified atom stereocenters. The van der Waals surface area contributed by atoms with E-state index < -0.39 is 18.5 Å². The molecule has 68 valence electrons. The molecule has 0 aromatic carbocycles. The van der Waals surface area contributed by atoms with Crippen LogP contribution in [0.5, 0.6) is 0 Å². The molecular weight excluding hydrogens is 174 g/mol. The van der Waals surface area contributed by atoms with E-state index >= 15 is 0 Å². The lowest BCUT2D eigenvalue weighted by atomic mass is 10.4. The van der Waals surface area contributed by atoms with Crippen LogP contribution in [0.4, 0.5) is 0 Å². The van der Waals surface area contributed by atoms with E-state index in [0.717, 1.165) is 0 Å². The van der Waals surface area contributed by atoms with E-state index in [1.165, 1.54) is 18.6 Å². The summed E-state index contributed by atoms with van der Waals surface area (Å²) in [5.41, 5.74) is 4.81. The summed E-state index contributed by atoms with van der Waals surface area (Å²) in [5.74, 6) is -1.43. The molecule has 6 nitrogen and oxygen atoms in total. The Kier molecular flexibility index (Phi) is 2.91. The van der Waals surface area contributed by atoms with Crippen molar-refractivity contribution in [3.63, 3.8) is 0 Å². The molecule has 0 fully saturated rings. The monoisotopic (exact) mass is 181 g/mol. The highest BCUT2D eigenvalue weighted by atomic mass is 16.5. The van der Waals surface area contributed by atoms with E-state index in [2.05, 4.69) is 14.7 Å². The first kappa shape index (κ1) is 9.11. The van der Waals surface area contributed by atoms with Crippen LogP contribution in [0.25, 0.3) is 0 Å². The van der Waals surface area contributed by atoms with Crippen molar-refractivity contribution in [2.24, 2.45) is 5.73 Å². The first-order valence-corrected chi connectivity index (χ1v) is 3.41. The minimum atomic E-state index is -0.716. The summed E-state index contributed by atoms with van der Waals surface area (Å²) in [6, 6.07) is 0. The van der Waals surface area contributed by atoms with Crippen LogP contribution in [0.15, 0.2) is 18.6 Å². The highest BCUT2D eigenvalue weighted by molar-refractivity contribution is 5.88. The number of hydrogen-bond donors (Lipinski definition) is 1. The largest absolute Gasteiger partial charge is 0.451 e. The van der Waals surface area contributed by atoms with Crippen molar-refractivity contribution in [3.05, 3.63) is 24.3 Å². The summed E-state index contributed by atoms with van der Waals surface area (Å²) in [6.45, 7) is -0.449. The fraction of sp³-hybridized carbons (Fsp3) is 0.143. The van der Waals surface area contributed by atoms with E-state index in [0.29, 0.717) is 0 Å². The van der Waals surface area contributed by atoms with Gasteiger partial charge in [-0.2, -0.15) is 0 Å². The predicted octanol–water partition coefficient (Wildman–Crippen LogP) is -0.881. The molecule has 6 heteroatoms. The lowest BCUT2D eigenvalue weighted by Crippen LogP contribution is -2.21. The summed E-state index contributed by atoms with van der Waals surface area (Å²) >= 11 is 0. The van der Waals surface area contributed by atoms with E-state index in [9.17, 15) is 9.59 Å². The minimum Gasteiger partial charge on any atom is -0.451 e. The third kappa shape index (κ3) is 2.86. The Hall–Kier alpha value is -1.98. The smallest absolute Gasteiger partial charge is 0.359 e. The Morgan fingerprint density at radius 3 is 2.77 bits per heavy atom. The number of esters is 1.